The number of likely N-dealkylation sites (tertiary alicyclic amines) is 1. The maximum atomic E-state index is 13.3. The van der Waals surface area contributed by atoms with Crippen molar-refractivity contribution in [3.8, 4) is 0 Å². The average Bonchev–Trinajstić information content (AvgIpc) is 3.14. The predicted octanol–water partition coefficient (Wildman–Crippen LogP) is 3.48. The van der Waals surface area contributed by atoms with Crippen LogP contribution >= 0.6 is 0 Å². The van der Waals surface area contributed by atoms with E-state index in [2.05, 4.69) is 20.9 Å². The molecule has 5 rings (SSSR count). The van der Waals surface area contributed by atoms with Crippen LogP contribution in [0.1, 0.15) is 46.7 Å². The van der Waals surface area contributed by atoms with Gasteiger partial charge in [-0.05, 0) is 61.1 Å². The molecule has 132 valence electrons. The van der Waals surface area contributed by atoms with Crippen molar-refractivity contribution in [2.75, 3.05) is 12.3 Å². The van der Waals surface area contributed by atoms with Crippen LogP contribution in [0.2, 0.25) is 0 Å². The van der Waals surface area contributed by atoms with Gasteiger partial charge in [-0.3, -0.25) is 4.79 Å². The molecular formula is C21H22N4O. The van der Waals surface area contributed by atoms with Crippen LogP contribution < -0.4 is 5.73 Å². The van der Waals surface area contributed by atoms with E-state index in [9.17, 15) is 4.79 Å². The van der Waals surface area contributed by atoms with Gasteiger partial charge in [0.05, 0.1) is 17.4 Å². The molecule has 5 nitrogen and oxygen atoms in total. The maximum absolute atomic E-state index is 13.3. The first-order chi connectivity index (χ1) is 12.7. The Labute approximate surface area is 152 Å². The molecule has 1 aliphatic carbocycles. The van der Waals surface area contributed by atoms with E-state index in [1.165, 1.54) is 11.1 Å². The number of aromatic nitrogens is 2. The minimum absolute atomic E-state index is 0.113. The van der Waals surface area contributed by atoms with Crippen molar-refractivity contribution in [2.45, 2.75) is 37.6 Å². The van der Waals surface area contributed by atoms with Crippen molar-refractivity contribution < 1.29 is 4.79 Å². The number of imidazole rings is 1. The lowest BCUT2D eigenvalue weighted by Gasteiger charge is -2.45. The lowest BCUT2D eigenvalue weighted by atomic mass is 9.73. The predicted molar refractivity (Wildman–Crippen MR) is 102 cm³/mol. The van der Waals surface area contributed by atoms with E-state index in [-0.39, 0.29) is 11.9 Å². The Bertz CT molecular complexity index is 993. The zero-order chi connectivity index (χ0) is 17.7. The van der Waals surface area contributed by atoms with E-state index in [4.69, 9.17) is 5.73 Å². The summed E-state index contributed by atoms with van der Waals surface area (Å²) in [5.74, 6) is 0.467. The molecule has 0 saturated carbocycles. The molecule has 2 aliphatic rings. The molecule has 1 aliphatic heterocycles. The highest BCUT2D eigenvalue weighted by molar-refractivity contribution is 5.97. The molecule has 2 atom stereocenters. The number of nitrogen functional groups attached to an aromatic ring is 1. The Morgan fingerprint density at radius 1 is 1.23 bits per heavy atom. The molecule has 3 aromatic rings. The summed E-state index contributed by atoms with van der Waals surface area (Å²) in [6, 6.07) is 12.2. The van der Waals surface area contributed by atoms with Gasteiger partial charge in [0, 0.05) is 29.8 Å². The summed E-state index contributed by atoms with van der Waals surface area (Å²) in [4.78, 5) is 22.7. The monoisotopic (exact) mass is 346 g/mol. The van der Waals surface area contributed by atoms with Crippen LogP contribution in [0.4, 0.5) is 5.69 Å². The lowest BCUT2D eigenvalue weighted by molar-refractivity contribution is 0.0547. The largest absolute Gasteiger partial charge is 0.398 e. The normalized spacial score (nSPS) is 22.1. The first-order valence-electron chi connectivity index (χ1n) is 9.34. The van der Waals surface area contributed by atoms with E-state index in [0.29, 0.717) is 5.92 Å². The molecule has 0 radical (unpaired) electrons. The molecular weight excluding hydrogens is 324 g/mol. The van der Waals surface area contributed by atoms with Gasteiger partial charge in [0.15, 0.2) is 0 Å². The molecule has 2 aromatic carbocycles. The van der Waals surface area contributed by atoms with Gasteiger partial charge in [-0.15, -0.1) is 0 Å². The number of aromatic amines is 1. The van der Waals surface area contributed by atoms with Crippen LogP contribution in [0.5, 0.6) is 0 Å². The number of amides is 1. The highest BCUT2D eigenvalue weighted by atomic mass is 16.2. The summed E-state index contributed by atoms with van der Waals surface area (Å²) in [6.45, 7) is 0.820. The average molecular weight is 346 g/mol. The Morgan fingerprint density at radius 2 is 2.15 bits per heavy atom. The Kier molecular flexibility index (Phi) is 3.48. The summed E-state index contributed by atoms with van der Waals surface area (Å²) < 4.78 is 0. The van der Waals surface area contributed by atoms with E-state index < -0.39 is 0 Å². The van der Waals surface area contributed by atoms with E-state index in [1.54, 1.807) is 6.33 Å². The number of nitrogens with zero attached hydrogens (tertiary/aromatic N) is 2. The van der Waals surface area contributed by atoms with E-state index >= 15 is 0 Å². The van der Waals surface area contributed by atoms with Gasteiger partial charge < -0.3 is 15.6 Å². The van der Waals surface area contributed by atoms with Gasteiger partial charge in [-0.2, -0.15) is 0 Å². The lowest BCUT2D eigenvalue weighted by Crippen LogP contribution is -2.49. The molecule has 3 N–H and O–H groups in total. The van der Waals surface area contributed by atoms with E-state index in [0.717, 1.165) is 54.5 Å². The van der Waals surface area contributed by atoms with Crippen LogP contribution in [-0.4, -0.2) is 33.4 Å². The van der Waals surface area contributed by atoms with Gasteiger partial charge in [0.1, 0.15) is 0 Å². The maximum Gasteiger partial charge on any atom is 0.254 e. The van der Waals surface area contributed by atoms with Crippen molar-refractivity contribution in [1.82, 2.24) is 14.9 Å². The third-order valence-corrected chi connectivity index (χ3v) is 6.02. The molecule has 1 fully saturated rings. The second kappa shape index (κ2) is 5.87. The third-order valence-electron chi connectivity index (χ3n) is 6.02. The topological polar surface area (TPSA) is 75.0 Å². The van der Waals surface area contributed by atoms with Crippen LogP contribution in [0, 0.1) is 0 Å². The van der Waals surface area contributed by atoms with Gasteiger partial charge in [-0.1, -0.05) is 12.1 Å². The first-order valence-corrected chi connectivity index (χ1v) is 9.34. The van der Waals surface area contributed by atoms with Crippen LogP contribution in [0.3, 0.4) is 0 Å². The number of anilines is 1. The molecule has 2 unspecified atom stereocenters. The van der Waals surface area contributed by atoms with Crippen molar-refractivity contribution in [2.24, 2.45) is 0 Å². The SMILES string of the molecule is Nc1cccc2c1C1CCCN(C(=O)c3ccc4[nH]cnc4c3)C1CC2. The number of carbonyl (C=O) groups is 1. The first kappa shape index (κ1) is 15.4. The number of hydrogen-bond donors (Lipinski definition) is 2. The number of benzene rings is 2. The molecule has 1 aromatic heterocycles. The zero-order valence-corrected chi connectivity index (χ0v) is 14.6. The van der Waals surface area contributed by atoms with Gasteiger partial charge in [0.25, 0.3) is 5.91 Å². The van der Waals surface area contributed by atoms with Crippen LogP contribution in [-0.2, 0) is 6.42 Å². The summed E-state index contributed by atoms with van der Waals surface area (Å²) in [5, 5.41) is 0. The van der Waals surface area contributed by atoms with Gasteiger partial charge >= 0.3 is 0 Å². The second-order valence-electron chi connectivity index (χ2n) is 7.41. The quantitative estimate of drug-likeness (QED) is 0.663. The second-order valence-corrected chi connectivity index (χ2v) is 7.41. The molecule has 5 heteroatoms. The van der Waals surface area contributed by atoms with Gasteiger partial charge in [0.2, 0.25) is 0 Å². The number of hydrogen-bond acceptors (Lipinski definition) is 3. The Hall–Kier alpha value is -2.82. The fourth-order valence-electron chi connectivity index (χ4n) is 4.84. The Balaban J connectivity index is 1.50. The number of nitrogens with one attached hydrogen (secondary N) is 1. The smallest absolute Gasteiger partial charge is 0.254 e. The molecule has 1 saturated heterocycles. The number of piperidine rings is 1. The third kappa shape index (κ3) is 2.30. The number of carbonyl (C=O) groups excluding carboxylic acids is 1. The molecule has 0 spiro atoms. The summed E-state index contributed by atoms with van der Waals surface area (Å²) in [5.41, 5.74) is 12.3. The highest BCUT2D eigenvalue weighted by Gasteiger charge is 2.39. The van der Waals surface area contributed by atoms with Crippen molar-refractivity contribution in [3.63, 3.8) is 0 Å². The highest BCUT2D eigenvalue weighted by Crippen LogP contribution is 2.43. The van der Waals surface area contributed by atoms with Crippen molar-refractivity contribution in [3.05, 3.63) is 59.4 Å². The molecule has 26 heavy (non-hydrogen) atoms. The number of rotatable bonds is 1. The zero-order valence-electron chi connectivity index (χ0n) is 14.6. The fourth-order valence-corrected chi connectivity index (χ4v) is 4.84. The van der Waals surface area contributed by atoms with Gasteiger partial charge in [-0.25, -0.2) is 4.98 Å². The number of H-pyrrole nitrogens is 1. The van der Waals surface area contributed by atoms with Crippen molar-refractivity contribution in [1.29, 1.82) is 0 Å². The standard InChI is InChI=1S/C21H22N4O/c22-16-5-1-3-13-7-9-19-15(20(13)16)4-2-10-25(19)21(26)14-6-8-17-18(11-14)24-12-23-17/h1,3,5-6,8,11-12,15,19H,2,4,7,9-10,22H2,(H,23,24). The van der Waals surface area contributed by atoms with Crippen molar-refractivity contribution >= 4 is 22.6 Å². The number of fused-ring (bicyclic) bond motifs is 4. The Morgan fingerprint density at radius 3 is 3.08 bits per heavy atom. The minimum Gasteiger partial charge on any atom is -0.398 e. The summed E-state index contributed by atoms with van der Waals surface area (Å²) in [6.07, 6.45) is 5.79. The van der Waals surface area contributed by atoms with E-state index in [1.807, 2.05) is 30.3 Å². The number of nitrogens with two attached hydrogens (primary N) is 1. The molecule has 2 heterocycles. The number of aryl methyl sites for hydroxylation is 1. The summed E-state index contributed by atoms with van der Waals surface area (Å²) in [7, 11) is 0. The van der Waals surface area contributed by atoms with Crippen LogP contribution in [0.15, 0.2) is 42.7 Å². The minimum atomic E-state index is 0.113. The molecule has 0 bridgehead atoms. The summed E-state index contributed by atoms with van der Waals surface area (Å²) >= 11 is 0. The fraction of sp³-hybridized carbons (Fsp3) is 0.333. The molecule has 1 amide bonds. The van der Waals surface area contributed by atoms with Crippen LogP contribution in [0.25, 0.3) is 11.0 Å².